The average molecular weight is 350 g/mol. The predicted molar refractivity (Wildman–Crippen MR) is 91.3 cm³/mol. The molecule has 1 aromatic carbocycles. The smallest absolute Gasteiger partial charge is 0.221 e. The highest BCUT2D eigenvalue weighted by atomic mass is 32.2. The number of nitrogens with one attached hydrogen (secondary N) is 1. The minimum atomic E-state index is -3.44. The lowest BCUT2D eigenvalue weighted by Crippen LogP contribution is -2.35. The Balaban J connectivity index is 1.87. The second-order valence-corrected chi connectivity index (χ2v) is 7.79. The van der Waals surface area contributed by atoms with Gasteiger partial charge in [0, 0.05) is 13.0 Å². The highest BCUT2D eigenvalue weighted by molar-refractivity contribution is 7.91. The van der Waals surface area contributed by atoms with Gasteiger partial charge in [-0.15, -0.1) is 0 Å². The standard InChI is InChI=1S/C17H22N2O4S/c1-19(2)15(16-9-6-11-23-16)13-18-17(20)10-12-24(21,22)14-7-4-3-5-8-14/h3-9,11,15H,10,12-13H2,1-2H3,(H,18,20)/t15-/m1/s1. The maximum absolute atomic E-state index is 12.2. The second kappa shape index (κ2) is 8.12. The quantitative estimate of drug-likeness (QED) is 0.786. The van der Waals surface area contributed by atoms with E-state index in [1.807, 2.05) is 25.1 Å². The van der Waals surface area contributed by atoms with Crippen molar-refractivity contribution in [2.75, 3.05) is 26.4 Å². The summed E-state index contributed by atoms with van der Waals surface area (Å²) < 4.78 is 29.7. The van der Waals surface area contributed by atoms with Gasteiger partial charge in [0.05, 0.1) is 23.0 Å². The van der Waals surface area contributed by atoms with Crippen molar-refractivity contribution in [3.63, 3.8) is 0 Å². The molecule has 0 spiro atoms. The molecule has 1 atom stereocenters. The summed E-state index contributed by atoms with van der Waals surface area (Å²) in [7, 11) is 0.333. The van der Waals surface area contributed by atoms with E-state index in [0.717, 1.165) is 5.76 Å². The van der Waals surface area contributed by atoms with E-state index in [0.29, 0.717) is 6.54 Å². The zero-order chi connectivity index (χ0) is 17.6. The fraction of sp³-hybridized carbons (Fsp3) is 0.353. The van der Waals surface area contributed by atoms with Gasteiger partial charge in [0.15, 0.2) is 9.84 Å². The Bertz CT molecular complexity index is 740. The van der Waals surface area contributed by atoms with E-state index in [4.69, 9.17) is 4.42 Å². The largest absolute Gasteiger partial charge is 0.468 e. The van der Waals surface area contributed by atoms with Gasteiger partial charge in [-0.05, 0) is 38.4 Å². The van der Waals surface area contributed by atoms with Crippen LogP contribution in [0.25, 0.3) is 0 Å². The highest BCUT2D eigenvalue weighted by Gasteiger charge is 2.19. The van der Waals surface area contributed by atoms with Crippen molar-refractivity contribution in [1.82, 2.24) is 10.2 Å². The monoisotopic (exact) mass is 350 g/mol. The summed E-state index contributed by atoms with van der Waals surface area (Å²) in [5, 5.41) is 2.77. The SMILES string of the molecule is CN(C)[C@H](CNC(=O)CCS(=O)(=O)c1ccccc1)c1ccco1. The molecule has 2 aromatic rings. The Morgan fingerprint density at radius 2 is 1.88 bits per heavy atom. The molecule has 0 aliphatic heterocycles. The summed E-state index contributed by atoms with van der Waals surface area (Å²) in [4.78, 5) is 14.2. The van der Waals surface area contributed by atoms with Crippen molar-refractivity contribution in [2.45, 2.75) is 17.4 Å². The maximum Gasteiger partial charge on any atom is 0.221 e. The minimum absolute atomic E-state index is 0.0739. The lowest BCUT2D eigenvalue weighted by Gasteiger charge is -2.22. The number of likely N-dealkylation sites (N-methyl/N-ethyl adjacent to an activating group) is 1. The van der Waals surface area contributed by atoms with Gasteiger partial charge in [-0.3, -0.25) is 9.69 Å². The van der Waals surface area contributed by atoms with Crippen LogP contribution in [0, 0.1) is 0 Å². The first-order valence-corrected chi connectivity index (χ1v) is 9.30. The second-order valence-electron chi connectivity index (χ2n) is 5.68. The van der Waals surface area contributed by atoms with Crippen molar-refractivity contribution < 1.29 is 17.6 Å². The summed E-state index contributed by atoms with van der Waals surface area (Å²) in [6, 6.07) is 11.7. The number of benzene rings is 1. The van der Waals surface area contributed by atoms with Crippen LogP contribution in [-0.4, -0.2) is 45.6 Å². The molecular weight excluding hydrogens is 328 g/mol. The Hall–Kier alpha value is -2.12. The van der Waals surface area contributed by atoms with Crippen LogP contribution in [0.1, 0.15) is 18.2 Å². The van der Waals surface area contributed by atoms with Crippen LogP contribution in [0.15, 0.2) is 58.0 Å². The number of furan rings is 1. The van der Waals surface area contributed by atoms with Crippen LogP contribution >= 0.6 is 0 Å². The van der Waals surface area contributed by atoms with Crippen molar-refractivity contribution in [3.8, 4) is 0 Å². The van der Waals surface area contributed by atoms with Gasteiger partial charge >= 0.3 is 0 Å². The number of hydrogen-bond acceptors (Lipinski definition) is 5. The number of hydrogen-bond donors (Lipinski definition) is 1. The first-order valence-electron chi connectivity index (χ1n) is 7.64. The summed E-state index contributed by atoms with van der Waals surface area (Å²) >= 11 is 0. The molecule has 0 aliphatic rings. The zero-order valence-electron chi connectivity index (χ0n) is 13.8. The predicted octanol–water partition coefficient (Wildman–Crippen LogP) is 1.86. The normalized spacial score (nSPS) is 13.0. The molecule has 0 aliphatic carbocycles. The minimum Gasteiger partial charge on any atom is -0.468 e. The van der Waals surface area contributed by atoms with E-state index in [9.17, 15) is 13.2 Å². The van der Waals surface area contributed by atoms with E-state index in [1.165, 1.54) is 12.1 Å². The summed E-state index contributed by atoms with van der Waals surface area (Å²) in [5.74, 6) is 0.237. The Kier molecular flexibility index (Phi) is 6.16. The third kappa shape index (κ3) is 4.94. The van der Waals surface area contributed by atoms with E-state index in [-0.39, 0.29) is 29.0 Å². The van der Waals surface area contributed by atoms with Crippen LogP contribution in [0.4, 0.5) is 0 Å². The molecule has 0 bridgehead atoms. The molecule has 1 amide bonds. The van der Waals surface area contributed by atoms with Gasteiger partial charge in [-0.1, -0.05) is 18.2 Å². The highest BCUT2D eigenvalue weighted by Crippen LogP contribution is 2.17. The number of carbonyl (C=O) groups is 1. The fourth-order valence-corrected chi connectivity index (χ4v) is 3.55. The van der Waals surface area contributed by atoms with Gasteiger partial charge in [0.25, 0.3) is 0 Å². The van der Waals surface area contributed by atoms with Gasteiger partial charge in [-0.25, -0.2) is 8.42 Å². The number of sulfone groups is 1. The molecule has 0 saturated carbocycles. The third-order valence-corrected chi connectivity index (χ3v) is 5.42. The topological polar surface area (TPSA) is 79.6 Å². The van der Waals surface area contributed by atoms with Crippen LogP contribution in [-0.2, 0) is 14.6 Å². The average Bonchev–Trinajstić information content (AvgIpc) is 3.08. The van der Waals surface area contributed by atoms with E-state index in [1.54, 1.807) is 30.5 Å². The number of nitrogens with zero attached hydrogens (tertiary/aromatic N) is 1. The lowest BCUT2D eigenvalue weighted by molar-refractivity contribution is -0.120. The molecule has 6 nitrogen and oxygen atoms in total. The van der Waals surface area contributed by atoms with Crippen LogP contribution in [0.2, 0.25) is 0 Å². The fourth-order valence-electron chi connectivity index (χ4n) is 2.29. The summed E-state index contributed by atoms with van der Waals surface area (Å²) in [6.45, 7) is 0.352. The zero-order valence-corrected chi connectivity index (χ0v) is 14.6. The first kappa shape index (κ1) is 18.2. The number of rotatable bonds is 8. The molecule has 24 heavy (non-hydrogen) atoms. The summed E-state index contributed by atoms with van der Waals surface area (Å²) in [5.41, 5.74) is 0. The molecular formula is C17H22N2O4S. The van der Waals surface area contributed by atoms with Gasteiger partial charge in [-0.2, -0.15) is 0 Å². The maximum atomic E-state index is 12.2. The van der Waals surface area contributed by atoms with Crippen LogP contribution in [0.3, 0.4) is 0 Å². The molecule has 130 valence electrons. The van der Waals surface area contributed by atoms with Crippen LogP contribution < -0.4 is 5.32 Å². The molecule has 0 unspecified atom stereocenters. The van der Waals surface area contributed by atoms with Gasteiger partial charge in [0.1, 0.15) is 5.76 Å². The third-order valence-electron chi connectivity index (χ3n) is 3.69. The molecule has 2 rings (SSSR count). The first-order chi connectivity index (χ1) is 11.4. The Morgan fingerprint density at radius 1 is 1.17 bits per heavy atom. The van der Waals surface area contributed by atoms with Crippen molar-refractivity contribution in [3.05, 3.63) is 54.5 Å². The van der Waals surface area contributed by atoms with Gasteiger partial charge < -0.3 is 9.73 Å². The molecule has 0 fully saturated rings. The van der Waals surface area contributed by atoms with Crippen molar-refractivity contribution in [2.24, 2.45) is 0 Å². The van der Waals surface area contributed by atoms with E-state index in [2.05, 4.69) is 5.32 Å². The summed E-state index contributed by atoms with van der Waals surface area (Å²) in [6.07, 6.45) is 1.51. The molecule has 0 saturated heterocycles. The van der Waals surface area contributed by atoms with Crippen LogP contribution in [0.5, 0.6) is 0 Å². The van der Waals surface area contributed by atoms with Gasteiger partial charge in [0.2, 0.25) is 5.91 Å². The number of amides is 1. The van der Waals surface area contributed by atoms with Crippen molar-refractivity contribution >= 4 is 15.7 Å². The molecule has 7 heteroatoms. The number of carbonyl (C=O) groups excluding carboxylic acids is 1. The Labute approximate surface area is 142 Å². The Morgan fingerprint density at radius 3 is 2.46 bits per heavy atom. The van der Waals surface area contributed by atoms with E-state index < -0.39 is 9.84 Å². The molecule has 1 N–H and O–H groups in total. The van der Waals surface area contributed by atoms with E-state index >= 15 is 0 Å². The van der Waals surface area contributed by atoms with Crippen molar-refractivity contribution in [1.29, 1.82) is 0 Å². The molecule has 1 aromatic heterocycles. The molecule has 1 heterocycles. The molecule has 0 radical (unpaired) electrons. The lowest BCUT2D eigenvalue weighted by atomic mass is 10.2.